The van der Waals surface area contributed by atoms with E-state index in [9.17, 15) is 0 Å². The molecule has 1 aromatic carbocycles. The van der Waals surface area contributed by atoms with Gasteiger partial charge in [0.15, 0.2) is 5.96 Å². The summed E-state index contributed by atoms with van der Waals surface area (Å²) in [5.74, 6) is 0.842. The molecule has 128 valence electrons. The number of aliphatic imine (C=N–C) groups is 1. The molecule has 2 N–H and O–H groups in total. The van der Waals surface area contributed by atoms with E-state index in [0.29, 0.717) is 19.3 Å². The Kier molecular flexibility index (Phi) is 7.90. The van der Waals surface area contributed by atoms with E-state index >= 15 is 0 Å². The van der Waals surface area contributed by atoms with E-state index in [2.05, 4.69) is 29.7 Å². The Morgan fingerprint density at radius 2 is 2.09 bits per heavy atom. The van der Waals surface area contributed by atoms with E-state index < -0.39 is 0 Å². The Bertz CT molecular complexity index is 485. The maximum atomic E-state index is 5.65. The van der Waals surface area contributed by atoms with Crippen LogP contribution in [0.1, 0.15) is 37.8 Å². The minimum absolute atomic E-state index is 0.309. The minimum Gasteiger partial charge on any atom is -0.377 e. The van der Waals surface area contributed by atoms with Gasteiger partial charge in [-0.2, -0.15) is 0 Å². The van der Waals surface area contributed by atoms with Gasteiger partial charge in [0.05, 0.1) is 19.3 Å². The highest BCUT2D eigenvalue weighted by atomic mass is 16.5. The number of benzene rings is 1. The summed E-state index contributed by atoms with van der Waals surface area (Å²) in [4.78, 5) is 4.70. The molecule has 0 amide bonds. The summed E-state index contributed by atoms with van der Waals surface area (Å²) in [7, 11) is 0. The monoisotopic (exact) mass is 319 g/mol. The summed E-state index contributed by atoms with van der Waals surface area (Å²) < 4.78 is 11.2. The van der Waals surface area contributed by atoms with E-state index in [0.717, 1.165) is 45.1 Å². The lowest BCUT2D eigenvalue weighted by Crippen LogP contribution is -2.41. The first-order valence-corrected chi connectivity index (χ1v) is 8.61. The molecule has 1 aliphatic heterocycles. The molecule has 0 spiro atoms. The number of guanidine groups is 1. The molecule has 2 rings (SSSR count). The van der Waals surface area contributed by atoms with E-state index in [1.54, 1.807) is 0 Å². The van der Waals surface area contributed by atoms with Gasteiger partial charge in [-0.3, -0.25) is 0 Å². The summed E-state index contributed by atoms with van der Waals surface area (Å²) >= 11 is 0. The predicted molar refractivity (Wildman–Crippen MR) is 93.6 cm³/mol. The van der Waals surface area contributed by atoms with Crippen LogP contribution in [0.2, 0.25) is 0 Å². The molecule has 1 saturated heterocycles. The molecule has 1 heterocycles. The second kappa shape index (κ2) is 10.2. The summed E-state index contributed by atoms with van der Waals surface area (Å²) in [6.45, 7) is 8.63. The van der Waals surface area contributed by atoms with Gasteiger partial charge >= 0.3 is 0 Å². The van der Waals surface area contributed by atoms with Crippen LogP contribution < -0.4 is 10.6 Å². The van der Waals surface area contributed by atoms with Gasteiger partial charge in [0.2, 0.25) is 0 Å². The van der Waals surface area contributed by atoms with Crippen LogP contribution in [0.5, 0.6) is 0 Å². The lowest BCUT2D eigenvalue weighted by Gasteiger charge is -2.15. The zero-order valence-electron chi connectivity index (χ0n) is 14.3. The molecule has 1 unspecified atom stereocenters. The Morgan fingerprint density at radius 1 is 1.26 bits per heavy atom. The van der Waals surface area contributed by atoms with Crippen LogP contribution in [-0.2, 0) is 22.6 Å². The zero-order valence-corrected chi connectivity index (χ0v) is 14.3. The zero-order chi connectivity index (χ0) is 16.3. The van der Waals surface area contributed by atoms with Gasteiger partial charge in [-0.05, 0) is 37.8 Å². The summed E-state index contributed by atoms with van der Waals surface area (Å²) in [5.41, 5.74) is 2.41. The number of ether oxygens (including phenoxy) is 2. The molecule has 0 bridgehead atoms. The van der Waals surface area contributed by atoms with Gasteiger partial charge in [0.1, 0.15) is 0 Å². The Labute approximate surface area is 139 Å². The van der Waals surface area contributed by atoms with Crippen LogP contribution in [0.15, 0.2) is 29.3 Å². The molecule has 0 aromatic heterocycles. The molecule has 1 aliphatic rings. The third kappa shape index (κ3) is 6.20. The Hall–Kier alpha value is -1.59. The van der Waals surface area contributed by atoms with Gasteiger partial charge in [0, 0.05) is 26.3 Å². The van der Waals surface area contributed by atoms with E-state index in [-0.39, 0.29) is 0 Å². The molecule has 0 radical (unpaired) electrons. The number of hydrogen-bond donors (Lipinski definition) is 2. The van der Waals surface area contributed by atoms with Crippen LogP contribution in [0, 0.1) is 0 Å². The van der Waals surface area contributed by atoms with E-state index in [1.165, 1.54) is 11.1 Å². The molecule has 5 heteroatoms. The SMILES string of the molecule is CCNC(=NCc1ccccc1COCC)NCC1CCCO1. The standard InChI is InChI=1S/C18H29N3O2/c1-3-19-18(21-13-17-10-7-11-23-17)20-12-15-8-5-6-9-16(15)14-22-4-2/h5-6,8-9,17H,3-4,7,10-14H2,1-2H3,(H2,19,20,21). The minimum atomic E-state index is 0.309. The number of nitrogens with one attached hydrogen (secondary N) is 2. The average molecular weight is 319 g/mol. The second-order valence-corrected chi connectivity index (χ2v) is 5.62. The molecule has 5 nitrogen and oxygen atoms in total. The van der Waals surface area contributed by atoms with Crippen molar-refractivity contribution in [2.24, 2.45) is 4.99 Å². The summed E-state index contributed by atoms with van der Waals surface area (Å²) in [6, 6.07) is 8.31. The lowest BCUT2D eigenvalue weighted by atomic mass is 10.1. The molecule has 1 aromatic rings. The van der Waals surface area contributed by atoms with Crippen molar-refractivity contribution in [1.82, 2.24) is 10.6 Å². The van der Waals surface area contributed by atoms with Crippen molar-refractivity contribution in [2.45, 2.75) is 45.9 Å². The number of hydrogen-bond acceptors (Lipinski definition) is 3. The molecule has 23 heavy (non-hydrogen) atoms. The molecule has 0 aliphatic carbocycles. The molecule has 1 fully saturated rings. The van der Waals surface area contributed by atoms with Crippen molar-refractivity contribution >= 4 is 5.96 Å². The number of nitrogens with zero attached hydrogens (tertiary/aromatic N) is 1. The van der Waals surface area contributed by atoms with Crippen LogP contribution in [0.25, 0.3) is 0 Å². The highest BCUT2D eigenvalue weighted by Gasteiger charge is 2.15. The van der Waals surface area contributed by atoms with Gasteiger partial charge in [-0.15, -0.1) is 0 Å². The third-order valence-corrected chi connectivity index (χ3v) is 3.85. The third-order valence-electron chi connectivity index (χ3n) is 3.85. The largest absolute Gasteiger partial charge is 0.377 e. The summed E-state index contributed by atoms with van der Waals surface area (Å²) in [6.07, 6.45) is 2.60. The highest BCUT2D eigenvalue weighted by molar-refractivity contribution is 5.79. The highest BCUT2D eigenvalue weighted by Crippen LogP contribution is 2.12. The van der Waals surface area contributed by atoms with Gasteiger partial charge in [-0.1, -0.05) is 24.3 Å². The van der Waals surface area contributed by atoms with Gasteiger partial charge < -0.3 is 20.1 Å². The molecular formula is C18H29N3O2. The topological polar surface area (TPSA) is 54.9 Å². The molecule has 0 saturated carbocycles. The van der Waals surface area contributed by atoms with E-state index in [1.807, 2.05) is 19.1 Å². The predicted octanol–water partition coefficient (Wildman–Crippen LogP) is 2.46. The fourth-order valence-corrected chi connectivity index (χ4v) is 2.59. The maximum absolute atomic E-state index is 5.65. The van der Waals surface area contributed by atoms with Crippen molar-refractivity contribution in [3.8, 4) is 0 Å². The van der Waals surface area contributed by atoms with Crippen LogP contribution in [0.3, 0.4) is 0 Å². The first-order chi connectivity index (χ1) is 11.3. The van der Waals surface area contributed by atoms with Crippen molar-refractivity contribution < 1.29 is 9.47 Å². The van der Waals surface area contributed by atoms with Gasteiger partial charge in [0.25, 0.3) is 0 Å². The molecular weight excluding hydrogens is 290 g/mol. The van der Waals surface area contributed by atoms with Crippen molar-refractivity contribution in [2.75, 3.05) is 26.3 Å². The van der Waals surface area contributed by atoms with Crippen molar-refractivity contribution in [3.05, 3.63) is 35.4 Å². The average Bonchev–Trinajstić information content (AvgIpc) is 3.09. The summed E-state index contributed by atoms with van der Waals surface area (Å²) in [5, 5.41) is 6.67. The molecule has 1 atom stereocenters. The first-order valence-electron chi connectivity index (χ1n) is 8.61. The quantitative estimate of drug-likeness (QED) is 0.571. The normalized spacial score (nSPS) is 18.2. The first kappa shape index (κ1) is 17.8. The van der Waals surface area contributed by atoms with Crippen molar-refractivity contribution in [3.63, 3.8) is 0 Å². The van der Waals surface area contributed by atoms with Gasteiger partial charge in [-0.25, -0.2) is 4.99 Å². The van der Waals surface area contributed by atoms with Crippen LogP contribution in [0.4, 0.5) is 0 Å². The van der Waals surface area contributed by atoms with Crippen LogP contribution >= 0.6 is 0 Å². The lowest BCUT2D eigenvalue weighted by molar-refractivity contribution is 0.114. The maximum Gasteiger partial charge on any atom is 0.191 e. The fraction of sp³-hybridized carbons (Fsp3) is 0.611. The van der Waals surface area contributed by atoms with E-state index in [4.69, 9.17) is 14.5 Å². The van der Waals surface area contributed by atoms with Crippen LogP contribution in [-0.4, -0.2) is 38.4 Å². The fourth-order valence-electron chi connectivity index (χ4n) is 2.59. The smallest absolute Gasteiger partial charge is 0.191 e. The number of rotatable bonds is 8. The Morgan fingerprint density at radius 3 is 2.78 bits per heavy atom. The van der Waals surface area contributed by atoms with Crippen molar-refractivity contribution in [1.29, 1.82) is 0 Å². The second-order valence-electron chi connectivity index (χ2n) is 5.62. The Balaban J connectivity index is 1.93.